The first-order valence-electron chi connectivity index (χ1n) is 4.30. The fourth-order valence-corrected chi connectivity index (χ4v) is 1.33. The highest BCUT2D eigenvalue weighted by molar-refractivity contribution is 5.71. The second kappa shape index (κ2) is 3.26. The van der Waals surface area contributed by atoms with Gasteiger partial charge in [0.15, 0.2) is 17.6 Å². The van der Waals surface area contributed by atoms with Gasteiger partial charge in [0.2, 0.25) is 0 Å². The summed E-state index contributed by atoms with van der Waals surface area (Å²) in [7, 11) is 0. The lowest BCUT2D eigenvalue weighted by Crippen LogP contribution is -2.32. The van der Waals surface area contributed by atoms with Crippen molar-refractivity contribution in [2.45, 2.75) is 6.10 Å². The zero-order valence-electron chi connectivity index (χ0n) is 7.56. The van der Waals surface area contributed by atoms with E-state index in [1.165, 1.54) is 0 Å². The maximum atomic E-state index is 8.90. The van der Waals surface area contributed by atoms with Crippen LogP contribution in [0.1, 0.15) is 0 Å². The third-order valence-corrected chi connectivity index (χ3v) is 2.07. The average Bonchev–Trinajstić information content (AvgIpc) is 2.23. The van der Waals surface area contributed by atoms with Crippen molar-refractivity contribution < 1.29 is 14.6 Å². The Bertz CT molecular complexity index is 354. The van der Waals surface area contributed by atoms with E-state index < -0.39 is 0 Å². The summed E-state index contributed by atoms with van der Waals surface area (Å²) < 4.78 is 10.8. The number of hydrogen-bond donors (Lipinski definition) is 3. The Morgan fingerprint density at radius 1 is 1.29 bits per heavy atom. The van der Waals surface area contributed by atoms with Gasteiger partial charge in [-0.25, -0.2) is 0 Å². The zero-order chi connectivity index (χ0) is 10.1. The van der Waals surface area contributed by atoms with Crippen molar-refractivity contribution in [3.05, 3.63) is 12.1 Å². The standard InChI is InChI=1S/C9H12N2O3/c10-6-1-2-7(11)9-8(6)13-4-5(3-12)14-9/h1-2,5,12H,3-4,10-11H2/t5-/m0/s1. The molecule has 0 bridgehead atoms. The first kappa shape index (κ1) is 8.96. The van der Waals surface area contributed by atoms with Crippen molar-refractivity contribution in [2.24, 2.45) is 0 Å². The van der Waals surface area contributed by atoms with E-state index in [1.807, 2.05) is 0 Å². The highest BCUT2D eigenvalue weighted by Crippen LogP contribution is 2.41. The molecule has 1 aliphatic rings. The van der Waals surface area contributed by atoms with Gasteiger partial charge in [0.05, 0.1) is 18.0 Å². The Kier molecular flexibility index (Phi) is 2.09. The van der Waals surface area contributed by atoms with Crippen molar-refractivity contribution in [1.82, 2.24) is 0 Å². The van der Waals surface area contributed by atoms with Crippen LogP contribution >= 0.6 is 0 Å². The molecule has 1 aromatic carbocycles. The quantitative estimate of drug-likeness (QED) is 0.549. The fraction of sp³-hybridized carbons (Fsp3) is 0.333. The lowest BCUT2D eigenvalue weighted by atomic mass is 10.2. The largest absolute Gasteiger partial charge is 0.484 e. The molecule has 1 aliphatic heterocycles. The predicted molar refractivity (Wildman–Crippen MR) is 52.3 cm³/mol. The van der Waals surface area contributed by atoms with Crippen LogP contribution in [0.5, 0.6) is 11.5 Å². The fourth-order valence-electron chi connectivity index (χ4n) is 1.33. The van der Waals surface area contributed by atoms with Gasteiger partial charge in [-0.2, -0.15) is 0 Å². The van der Waals surface area contributed by atoms with Gasteiger partial charge in [-0.15, -0.1) is 0 Å². The van der Waals surface area contributed by atoms with Crippen molar-refractivity contribution in [3.8, 4) is 11.5 Å². The minimum atomic E-state index is -0.369. The summed E-state index contributed by atoms with van der Waals surface area (Å²) >= 11 is 0. The van der Waals surface area contributed by atoms with E-state index in [0.29, 0.717) is 22.9 Å². The molecule has 5 heteroatoms. The van der Waals surface area contributed by atoms with Gasteiger partial charge in [0.25, 0.3) is 0 Å². The Balaban J connectivity index is 2.40. The van der Waals surface area contributed by atoms with Crippen LogP contribution < -0.4 is 20.9 Å². The van der Waals surface area contributed by atoms with E-state index in [0.717, 1.165) is 0 Å². The molecule has 0 fully saturated rings. The summed E-state index contributed by atoms with van der Waals surface area (Å²) in [4.78, 5) is 0. The molecule has 1 heterocycles. The first-order valence-corrected chi connectivity index (χ1v) is 4.30. The number of rotatable bonds is 1. The number of anilines is 2. The third kappa shape index (κ3) is 1.31. The Morgan fingerprint density at radius 2 is 1.93 bits per heavy atom. The maximum Gasteiger partial charge on any atom is 0.186 e. The molecule has 14 heavy (non-hydrogen) atoms. The number of nitrogen functional groups attached to an aromatic ring is 2. The number of benzene rings is 1. The number of fused-ring (bicyclic) bond motifs is 1. The molecule has 0 amide bonds. The minimum absolute atomic E-state index is 0.103. The van der Waals surface area contributed by atoms with Gasteiger partial charge < -0.3 is 26.0 Å². The number of hydrogen-bond acceptors (Lipinski definition) is 5. The highest BCUT2D eigenvalue weighted by Gasteiger charge is 2.24. The van der Waals surface area contributed by atoms with Crippen LogP contribution in [0.3, 0.4) is 0 Å². The van der Waals surface area contributed by atoms with Crippen LogP contribution in [-0.2, 0) is 0 Å². The van der Waals surface area contributed by atoms with Gasteiger partial charge in [0, 0.05) is 0 Å². The number of nitrogens with two attached hydrogens (primary N) is 2. The van der Waals surface area contributed by atoms with Crippen LogP contribution in [0.25, 0.3) is 0 Å². The van der Waals surface area contributed by atoms with Crippen LogP contribution in [-0.4, -0.2) is 24.4 Å². The summed E-state index contributed by atoms with van der Waals surface area (Å²) in [6.45, 7) is 0.185. The summed E-state index contributed by atoms with van der Waals surface area (Å²) in [5, 5.41) is 8.90. The van der Waals surface area contributed by atoms with E-state index in [1.54, 1.807) is 12.1 Å². The van der Waals surface area contributed by atoms with Crippen molar-refractivity contribution in [2.75, 3.05) is 24.7 Å². The van der Waals surface area contributed by atoms with Crippen molar-refractivity contribution in [1.29, 1.82) is 0 Å². The van der Waals surface area contributed by atoms with Gasteiger partial charge in [0.1, 0.15) is 6.61 Å². The molecule has 5 N–H and O–H groups in total. The molecule has 0 unspecified atom stereocenters. The minimum Gasteiger partial charge on any atom is -0.484 e. The number of aliphatic hydroxyl groups excluding tert-OH is 1. The molecule has 0 spiro atoms. The average molecular weight is 196 g/mol. The molecule has 0 aromatic heterocycles. The highest BCUT2D eigenvalue weighted by atomic mass is 16.6. The summed E-state index contributed by atoms with van der Waals surface area (Å²) in [6.07, 6.45) is -0.369. The van der Waals surface area contributed by atoms with E-state index >= 15 is 0 Å². The van der Waals surface area contributed by atoms with Crippen LogP contribution in [0.2, 0.25) is 0 Å². The van der Waals surface area contributed by atoms with Gasteiger partial charge in [-0.05, 0) is 12.1 Å². The van der Waals surface area contributed by atoms with Crippen molar-refractivity contribution in [3.63, 3.8) is 0 Å². The Labute approximate surface area is 81.2 Å². The number of aliphatic hydroxyl groups is 1. The Morgan fingerprint density at radius 3 is 2.57 bits per heavy atom. The topological polar surface area (TPSA) is 90.7 Å². The molecular weight excluding hydrogens is 184 g/mol. The van der Waals surface area contributed by atoms with Gasteiger partial charge in [-0.1, -0.05) is 0 Å². The summed E-state index contributed by atoms with van der Waals surface area (Å²) in [6, 6.07) is 3.31. The van der Waals surface area contributed by atoms with Gasteiger partial charge in [-0.3, -0.25) is 0 Å². The molecule has 76 valence electrons. The van der Waals surface area contributed by atoms with Gasteiger partial charge >= 0.3 is 0 Å². The first-order chi connectivity index (χ1) is 6.72. The van der Waals surface area contributed by atoms with E-state index in [9.17, 15) is 0 Å². The molecular formula is C9H12N2O3. The molecule has 5 nitrogen and oxygen atoms in total. The lowest BCUT2D eigenvalue weighted by Gasteiger charge is -2.26. The summed E-state index contributed by atoms with van der Waals surface area (Å²) in [5.41, 5.74) is 12.3. The molecule has 0 aliphatic carbocycles. The van der Waals surface area contributed by atoms with E-state index in [4.69, 9.17) is 26.0 Å². The second-order valence-corrected chi connectivity index (χ2v) is 3.14. The Hall–Kier alpha value is -1.62. The zero-order valence-corrected chi connectivity index (χ0v) is 7.56. The molecule has 0 saturated carbocycles. The maximum absolute atomic E-state index is 8.90. The monoisotopic (exact) mass is 196 g/mol. The molecule has 1 aromatic rings. The van der Waals surface area contributed by atoms with Crippen LogP contribution in [0.4, 0.5) is 11.4 Å². The van der Waals surface area contributed by atoms with E-state index in [2.05, 4.69) is 0 Å². The second-order valence-electron chi connectivity index (χ2n) is 3.14. The predicted octanol–water partition coefficient (Wildman–Crippen LogP) is -0.0169. The molecule has 1 atom stereocenters. The SMILES string of the molecule is Nc1ccc(N)c2c1OC[C@H](CO)O2. The van der Waals surface area contributed by atoms with Crippen LogP contribution in [0.15, 0.2) is 12.1 Å². The number of ether oxygens (including phenoxy) is 2. The smallest absolute Gasteiger partial charge is 0.186 e. The third-order valence-electron chi connectivity index (χ3n) is 2.07. The lowest BCUT2D eigenvalue weighted by molar-refractivity contribution is 0.0469. The normalized spacial score (nSPS) is 19.4. The van der Waals surface area contributed by atoms with Crippen LogP contribution in [0, 0.1) is 0 Å². The molecule has 2 rings (SSSR count). The van der Waals surface area contributed by atoms with E-state index in [-0.39, 0.29) is 19.3 Å². The molecule has 0 radical (unpaired) electrons. The summed E-state index contributed by atoms with van der Waals surface area (Å²) in [5.74, 6) is 0.894. The van der Waals surface area contributed by atoms with Crippen molar-refractivity contribution >= 4 is 11.4 Å². The molecule has 0 saturated heterocycles.